The lowest BCUT2D eigenvalue weighted by molar-refractivity contribution is -0.136. The second-order valence-electron chi connectivity index (χ2n) is 3.26. The molecule has 0 aromatic heterocycles. The van der Waals surface area contributed by atoms with Gasteiger partial charge in [-0.25, -0.2) is 13.1 Å². The number of nitrogens with one attached hydrogen (secondary N) is 1. The third kappa shape index (κ3) is 4.59. The topological polar surface area (TPSA) is 104 Å². The van der Waals surface area contributed by atoms with Crippen molar-refractivity contribution >= 4 is 16.0 Å². The summed E-state index contributed by atoms with van der Waals surface area (Å²) >= 11 is 0. The first-order chi connectivity index (χ1) is 6.85. The summed E-state index contributed by atoms with van der Waals surface area (Å²) < 4.78 is 25.1. The van der Waals surface area contributed by atoms with Crippen molar-refractivity contribution in [3.63, 3.8) is 0 Å². The van der Waals surface area contributed by atoms with Gasteiger partial charge in [0, 0.05) is 12.6 Å². The first kappa shape index (κ1) is 14.3. The lowest BCUT2D eigenvalue weighted by atomic mass is 10.2. The summed E-state index contributed by atoms with van der Waals surface area (Å²) in [5.41, 5.74) is 0. The first-order valence-electron chi connectivity index (χ1n) is 4.70. The molecule has 0 spiro atoms. The van der Waals surface area contributed by atoms with E-state index in [1.807, 2.05) is 0 Å². The van der Waals surface area contributed by atoms with Crippen LogP contribution in [0.25, 0.3) is 0 Å². The quantitative estimate of drug-likeness (QED) is 0.557. The van der Waals surface area contributed by atoms with Gasteiger partial charge in [-0.1, -0.05) is 6.92 Å². The Kier molecular flexibility index (Phi) is 5.77. The second-order valence-corrected chi connectivity index (χ2v) is 5.29. The third-order valence-electron chi connectivity index (χ3n) is 2.11. The molecule has 7 heteroatoms. The fourth-order valence-electron chi connectivity index (χ4n) is 0.969. The van der Waals surface area contributed by atoms with Crippen LogP contribution in [0.15, 0.2) is 0 Å². The molecule has 2 unspecified atom stereocenters. The van der Waals surface area contributed by atoms with Gasteiger partial charge < -0.3 is 10.2 Å². The standard InChI is InChI=1S/C8H17NO5S/c1-3-7(4-5-10)9-15(13,14)6(2)8(11)12/h6-7,9-10H,3-5H2,1-2H3,(H,11,12). The average molecular weight is 239 g/mol. The van der Waals surface area contributed by atoms with E-state index in [0.29, 0.717) is 6.42 Å². The number of hydrogen-bond acceptors (Lipinski definition) is 4. The van der Waals surface area contributed by atoms with Crippen molar-refractivity contribution in [2.75, 3.05) is 6.61 Å². The summed E-state index contributed by atoms with van der Waals surface area (Å²) in [5, 5.41) is 15.7. The molecule has 0 fully saturated rings. The van der Waals surface area contributed by atoms with Gasteiger partial charge in [0.05, 0.1) is 0 Å². The number of carboxylic acid groups (broad SMARTS) is 1. The van der Waals surface area contributed by atoms with Gasteiger partial charge in [0.2, 0.25) is 10.0 Å². The van der Waals surface area contributed by atoms with Crippen LogP contribution in [0.1, 0.15) is 26.7 Å². The van der Waals surface area contributed by atoms with Gasteiger partial charge in [-0.15, -0.1) is 0 Å². The van der Waals surface area contributed by atoms with E-state index < -0.39 is 27.3 Å². The zero-order valence-corrected chi connectivity index (χ0v) is 9.62. The maximum absolute atomic E-state index is 11.4. The summed E-state index contributed by atoms with van der Waals surface area (Å²) in [5.74, 6) is -1.39. The van der Waals surface area contributed by atoms with Gasteiger partial charge in [-0.05, 0) is 19.8 Å². The first-order valence-corrected chi connectivity index (χ1v) is 6.24. The number of sulfonamides is 1. The summed E-state index contributed by atoms with van der Waals surface area (Å²) in [6, 6.07) is -0.415. The van der Waals surface area contributed by atoms with Crippen LogP contribution >= 0.6 is 0 Å². The molecule has 0 aliphatic carbocycles. The molecule has 0 saturated heterocycles. The Morgan fingerprint density at radius 3 is 2.33 bits per heavy atom. The van der Waals surface area contributed by atoms with Gasteiger partial charge in [0.15, 0.2) is 5.25 Å². The number of aliphatic hydroxyl groups excluding tert-OH is 1. The molecule has 0 aliphatic heterocycles. The Morgan fingerprint density at radius 1 is 1.47 bits per heavy atom. The minimum Gasteiger partial charge on any atom is -0.480 e. The fourth-order valence-corrected chi connectivity index (χ4v) is 2.19. The van der Waals surface area contributed by atoms with E-state index in [2.05, 4.69) is 4.72 Å². The van der Waals surface area contributed by atoms with Crippen LogP contribution in [0.5, 0.6) is 0 Å². The number of aliphatic carboxylic acids is 1. The molecule has 0 rings (SSSR count). The van der Waals surface area contributed by atoms with E-state index in [1.54, 1.807) is 6.92 Å². The minimum atomic E-state index is -3.85. The monoisotopic (exact) mass is 239 g/mol. The molecule has 2 atom stereocenters. The van der Waals surface area contributed by atoms with Crippen molar-refractivity contribution in [3.05, 3.63) is 0 Å². The molecule has 0 radical (unpaired) electrons. The number of aliphatic hydroxyl groups is 1. The van der Waals surface area contributed by atoms with Gasteiger partial charge in [-0.2, -0.15) is 0 Å². The highest BCUT2D eigenvalue weighted by Gasteiger charge is 2.29. The molecule has 3 N–H and O–H groups in total. The maximum atomic E-state index is 11.4. The largest absolute Gasteiger partial charge is 0.480 e. The maximum Gasteiger partial charge on any atom is 0.323 e. The van der Waals surface area contributed by atoms with E-state index in [9.17, 15) is 13.2 Å². The Labute approximate surface area is 89.4 Å². The van der Waals surface area contributed by atoms with Crippen LogP contribution in [-0.4, -0.2) is 42.5 Å². The van der Waals surface area contributed by atoms with E-state index in [0.717, 1.165) is 6.92 Å². The molecule has 0 aromatic carbocycles. The van der Waals surface area contributed by atoms with Crippen LogP contribution in [0, 0.1) is 0 Å². The Bertz CT molecular complexity index is 300. The average Bonchev–Trinajstić information content (AvgIpc) is 2.15. The van der Waals surface area contributed by atoms with E-state index in [4.69, 9.17) is 10.2 Å². The zero-order valence-electron chi connectivity index (χ0n) is 8.80. The summed E-state index contributed by atoms with van der Waals surface area (Å²) in [6.07, 6.45) is 0.786. The molecular formula is C8H17NO5S. The van der Waals surface area contributed by atoms with E-state index in [-0.39, 0.29) is 13.0 Å². The Balaban J connectivity index is 4.55. The molecule has 0 saturated carbocycles. The van der Waals surface area contributed by atoms with E-state index in [1.165, 1.54) is 0 Å². The molecule has 0 bridgehead atoms. The van der Waals surface area contributed by atoms with Crippen LogP contribution in [0.3, 0.4) is 0 Å². The normalized spacial score (nSPS) is 15.9. The SMILES string of the molecule is CCC(CCO)NS(=O)(=O)C(C)C(=O)O. The lowest BCUT2D eigenvalue weighted by Gasteiger charge is -2.17. The smallest absolute Gasteiger partial charge is 0.323 e. The molecule has 90 valence electrons. The van der Waals surface area contributed by atoms with Gasteiger partial charge in [0.1, 0.15) is 0 Å². The van der Waals surface area contributed by atoms with Crippen molar-refractivity contribution in [3.8, 4) is 0 Å². The number of carboxylic acids is 1. The van der Waals surface area contributed by atoms with E-state index >= 15 is 0 Å². The van der Waals surface area contributed by atoms with Crippen LogP contribution in [0.4, 0.5) is 0 Å². The number of carbonyl (C=O) groups is 1. The highest BCUT2D eigenvalue weighted by atomic mass is 32.2. The molecule has 15 heavy (non-hydrogen) atoms. The van der Waals surface area contributed by atoms with Crippen LogP contribution in [-0.2, 0) is 14.8 Å². The molecule has 0 amide bonds. The zero-order chi connectivity index (χ0) is 12.1. The molecule has 6 nitrogen and oxygen atoms in total. The predicted molar refractivity (Wildman–Crippen MR) is 54.9 cm³/mol. The second kappa shape index (κ2) is 6.04. The van der Waals surface area contributed by atoms with Crippen molar-refractivity contribution in [1.82, 2.24) is 4.72 Å². The van der Waals surface area contributed by atoms with Gasteiger partial charge in [0.25, 0.3) is 0 Å². The minimum absolute atomic E-state index is 0.136. The number of hydrogen-bond donors (Lipinski definition) is 3. The number of rotatable bonds is 7. The van der Waals surface area contributed by atoms with Crippen molar-refractivity contribution < 1.29 is 23.4 Å². The summed E-state index contributed by atoms with van der Waals surface area (Å²) in [4.78, 5) is 10.5. The van der Waals surface area contributed by atoms with Crippen LogP contribution in [0.2, 0.25) is 0 Å². The van der Waals surface area contributed by atoms with Gasteiger partial charge in [-0.3, -0.25) is 4.79 Å². The van der Waals surface area contributed by atoms with Gasteiger partial charge >= 0.3 is 5.97 Å². The third-order valence-corrected chi connectivity index (χ3v) is 3.91. The fraction of sp³-hybridized carbons (Fsp3) is 0.875. The highest BCUT2D eigenvalue weighted by molar-refractivity contribution is 7.90. The molecule has 0 aromatic rings. The van der Waals surface area contributed by atoms with Crippen molar-refractivity contribution in [2.45, 2.75) is 38.0 Å². The lowest BCUT2D eigenvalue weighted by Crippen LogP contribution is -2.43. The van der Waals surface area contributed by atoms with Crippen molar-refractivity contribution in [2.24, 2.45) is 0 Å². The summed E-state index contributed by atoms with van der Waals surface area (Å²) in [7, 11) is -3.85. The highest BCUT2D eigenvalue weighted by Crippen LogP contribution is 2.04. The molecular weight excluding hydrogens is 222 g/mol. The predicted octanol–water partition coefficient (Wildman–Crippen LogP) is -0.460. The summed E-state index contributed by atoms with van der Waals surface area (Å²) in [6.45, 7) is 2.73. The molecule has 0 aliphatic rings. The van der Waals surface area contributed by atoms with Crippen molar-refractivity contribution in [1.29, 1.82) is 0 Å². The van der Waals surface area contributed by atoms with Crippen LogP contribution < -0.4 is 4.72 Å². The Morgan fingerprint density at radius 2 is 2.00 bits per heavy atom. The molecule has 0 heterocycles. The Hall–Kier alpha value is -0.660.